The molecule has 5 nitrogen and oxygen atoms in total. The first-order valence-electron chi connectivity index (χ1n) is 9.25. The summed E-state index contributed by atoms with van der Waals surface area (Å²) in [4.78, 5) is 19.1. The van der Waals surface area contributed by atoms with Crippen LogP contribution in [0.4, 0.5) is 8.78 Å². The molecular formula is C21H25F2N3O2S. The lowest BCUT2D eigenvalue weighted by Crippen LogP contribution is -2.30. The lowest BCUT2D eigenvalue weighted by Gasteiger charge is -2.19. The van der Waals surface area contributed by atoms with E-state index in [1.807, 2.05) is 13.8 Å². The molecule has 1 amide bonds. The predicted molar refractivity (Wildman–Crippen MR) is 113 cm³/mol. The third-order valence-corrected chi connectivity index (χ3v) is 5.36. The van der Waals surface area contributed by atoms with E-state index in [9.17, 15) is 13.6 Å². The quantitative estimate of drug-likeness (QED) is 0.622. The van der Waals surface area contributed by atoms with Gasteiger partial charge >= 0.3 is 0 Å². The lowest BCUT2D eigenvalue weighted by molar-refractivity contribution is 0.0772. The number of carbonyl (C=O) groups excluding carboxylic acids is 1. The SMILES string of the molecule is CCN(CC)C(=O)c1ccsc1Cc1c(F)cc(F)cc1OCC(/C=C\N)=NC. The van der Waals surface area contributed by atoms with Crippen LogP contribution in [0.5, 0.6) is 5.75 Å². The van der Waals surface area contributed by atoms with E-state index in [0.717, 1.165) is 12.1 Å². The van der Waals surface area contributed by atoms with Crippen LogP contribution < -0.4 is 10.5 Å². The van der Waals surface area contributed by atoms with E-state index in [1.165, 1.54) is 17.5 Å². The Balaban J connectivity index is 2.34. The van der Waals surface area contributed by atoms with Gasteiger partial charge in [0.1, 0.15) is 24.0 Å². The topological polar surface area (TPSA) is 67.9 Å². The van der Waals surface area contributed by atoms with Gasteiger partial charge in [-0.25, -0.2) is 8.78 Å². The van der Waals surface area contributed by atoms with Gasteiger partial charge in [0.2, 0.25) is 0 Å². The van der Waals surface area contributed by atoms with Crippen LogP contribution in [0.25, 0.3) is 0 Å². The maximum atomic E-state index is 14.6. The fraction of sp³-hybridized carbons (Fsp3) is 0.333. The predicted octanol–water partition coefficient (Wildman–Crippen LogP) is 4.02. The molecule has 0 saturated heterocycles. The van der Waals surface area contributed by atoms with Crippen LogP contribution in [0.15, 0.2) is 40.8 Å². The van der Waals surface area contributed by atoms with Gasteiger partial charge in [0, 0.05) is 49.1 Å². The number of hydrogen-bond acceptors (Lipinski definition) is 5. The van der Waals surface area contributed by atoms with Gasteiger partial charge in [-0.15, -0.1) is 11.3 Å². The molecule has 1 aromatic heterocycles. The third kappa shape index (κ3) is 5.63. The molecule has 0 unspecified atom stereocenters. The second kappa shape index (κ2) is 10.7. The van der Waals surface area contributed by atoms with Crippen LogP contribution in [0.1, 0.15) is 34.6 Å². The summed E-state index contributed by atoms with van der Waals surface area (Å²) in [6.45, 7) is 4.98. The van der Waals surface area contributed by atoms with Crippen molar-refractivity contribution in [2.45, 2.75) is 20.3 Å². The van der Waals surface area contributed by atoms with Crippen molar-refractivity contribution < 1.29 is 18.3 Å². The Morgan fingerprint density at radius 2 is 2.03 bits per heavy atom. The largest absolute Gasteiger partial charge is 0.487 e. The normalized spacial score (nSPS) is 11.8. The van der Waals surface area contributed by atoms with Gasteiger partial charge in [0.25, 0.3) is 5.91 Å². The number of carbonyl (C=O) groups is 1. The van der Waals surface area contributed by atoms with Crippen LogP contribution >= 0.6 is 11.3 Å². The molecule has 0 radical (unpaired) electrons. The van der Waals surface area contributed by atoms with Crippen molar-refractivity contribution in [3.8, 4) is 5.75 Å². The fourth-order valence-corrected chi connectivity index (χ4v) is 3.72. The summed E-state index contributed by atoms with van der Waals surface area (Å²) in [5.41, 5.74) is 6.60. The van der Waals surface area contributed by atoms with Crippen molar-refractivity contribution in [2.24, 2.45) is 10.7 Å². The third-order valence-electron chi connectivity index (χ3n) is 4.43. The van der Waals surface area contributed by atoms with E-state index >= 15 is 0 Å². The van der Waals surface area contributed by atoms with Crippen molar-refractivity contribution in [3.05, 3.63) is 63.5 Å². The number of nitrogens with two attached hydrogens (primary N) is 1. The van der Waals surface area contributed by atoms with Crippen molar-refractivity contribution >= 4 is 23.0 Å². The molecule has 156 valence electrons. The molecule has 2 rings (SSSR count). The zero-order chi connectivity index (χ0) is 21.4. The molecule has 29 heavy (non-hydrogen) atoms. The minimum atomic E-state index is -0.740. The van der Waals surface area contributed by atoms with E-state index in [4.69, 9.17) is 10.5 Å². The van der Waals surface area contributed by atoms with Crippen molar-refractivity contribution in [3.63, 3.8) is 0 Å². The summed E-state index contributed by atoms with van der Waals surface area (Å²) in [5, 5.41) is 1.79. The maximum Gasteiger partial charge on any atom is 0.254 e. The average molecular weight is 422 g/mol. The minimum Gasteiger partial charge on any atom is -0.487 e. The first-order chi connectivity index (χ1) is 13.9. The molecule has 8 heteroatoms. The Labute approximate surface area is 173 Å². The van der Waals surface area contributed by atoms with E-state index in [1.54, 1.807) is 29.5 Å². The van der Waals surface area contributed by atoms with Gasteiger partial charge in [-0.05, 0) is 37.6 Å². The summed E-state index contributed by atoms with van der Waals surface area (Å²) < 4.78 is 34.0. The summed E-state index contributed by atoms with van der Waals surface area (Å²) in [6, 6.07) is 3.68. The standard InChI is InChI=1S/C21H25F2N3O2S/c1-4-26(5-2)21(27)16-7-9-29-20(16)12-17-18(23)10-14(22)11-19(17)28-13-15(25-3)6-8-24/h6-11H,4-5,12-13,24H2,1-3H3/b8-6-,25-15?. The maximum absolute atomic E-state index is 14.6. The molecule has 0 aliphatic rings. The van der Waals surface area contributed by atoms with E-state index in [2.05, 4.69) is 4.99 Å². The first-order valence-corrected chi connectivity index (χ1v) is 10.1. The molecular weight excluding hydrogens is 396 g/mol. The molecule has 0 aliphatic carbocycles. The van der Waals surface area contributed by atoms with Gasteiger partial charge < -0.3 is 15.4 Å². The molecule has 0 atom stereocenters. The summed E-state index contributed by atoms with van der Waals surface area (Å²) in [5.74, 6) is -1.50. The molecule has 0 fully saturated rings. The van der Waals surface area contributed by atoms with Crippen molar-refractivity contribution in [1.82, 2.24) is 4.90 Å². The number of nitrogens with zero attached hydrogens (tertiary/aromatic N) is 2. The van der Waals surface area contributed by atoms with Gasteiger partial charge in [-0.1, -0.05) is 0 Å². The number of halogens is 2. The van der Waals surface area contributed by atoms with Crippen LogP contribution in [-0.4, -0.2) is 43.3 Å². The zero-order valence-electron chi connectivity index (χ0n) is 16.7. The number of rotatable bonds is 9. The summed E-state index contributed by atoms with van der Waals surface area (Å²) in [6.07, 6.45) is 2.98. The second-order valence-corrected chi connectivity index (χ2v) is 7.14. The molecule has 0 bridgehead atoms. The highest BCUT2D eigenvalue weighted by Gasteiger charge is 2.21. The average Bonchev–Trinajstić information content (AvgIpc) is 3.16. The summed E-state index contributed by atoms with van der Waals surface area (Å²) in [7, 11) is 1.57. The molecule has 1 heterocycles. The Hall–Kier alpha value is -2.74. The number of ether oxygens (including phenoxy) is 1. The molecule has 1 aromatic carbocycles. The number of thiophene rings is 1. The lowest BCUT2D eigenvalue weighted by atomic mass is 10.1. The Morgan fingerprint density at radius 1 is 1.31 bits per heavy atom. The molecule has 2 aromatic rings. The van der Waals surface area contributed by atoms with Crippen LogP contribution in [0, 0.1) is 11.6 Å². The minimum absolute atomic E-state index is 0.00969. The van der Waals surface area contributed by atoms with Gasteiger partial charge in [0.05, 0.1) is 11.3 Å². The Kier molecular flexibility index (Phi) is 8.33. The van der Waals surface area contributed by atoms with Crippen LogP contribution in [0.2, 0.25) is 0 Å². The molecule has 2 N–H and O–H groups in total. The van der Waals surface area contributed by atoms with Crippen LogP contribution in [0.3, 0.4) is 0 Å². The highest BCUT2D eigenvalue weighted by atomic mass is 32.1. The van der Waals surface area contributed by atoms with Crippen molar-refractivity contribution in [1.29, 1.82) is 0 Å². The zero-order valence-corrected chi connectivity index (χ0v) is 17.6. The van der Waals surface area contributed by atoms with Gasteiger partial charge in [-0.2, -0.15) is 0 Å². The molecule has 0 spiro atoms. The molecule has 0 saturated carbocycles. The Bertz CT molecular complexity index is 905. The van der Waals surface area contributed by atoms with E-state index < -0.39 is 11.6 Å². The first kappa shape index (κ1) is 22.5. The van der Waals surface area contributed by atoms with Crippen molar-refractivity contribution in [2.75, 3.05) is 26.7 Å². The summed E-state index contributed by atoms with van der Waals surface area (Å²) >= 11 is 1.35. The van der Waals surface area contributed by atoms with Gasteiger partial charge in [0.15, 0.2) is 0 Å². The highest BCUT2D eigenvalue weighted by molar-refractivity contribution is 7.10. The number of amides is 1. The number of aliphatic imine (C=N–C) groups is 1. The smallest absolute Gasteiger partial charge is 0.254 e. The van der Waals surface area contributed by atoms with E-state index in [0.29, 0.717) is 29.2 Å². The molecule has 0 aliphatic heterocycles. The highest BCUT2D eigenvalue weighted by Crippen LogP contribution is 2.30. The number of hydrogen-bond donors (Lipinski definition) is 1. The van der Waals surface area contributed by atoms with Crippen LogP contribution in [-0.2, 0) is 6.42 Å². The monoisotopic (exact) mass is 421 g/mol. The van der Waals surface area contributed by atoms with E-state index in [-0.39, 0.29) is 30.2 Å². The fourth-order valence-electron chi connectivity index (χ4n) is 2.84. The second-order valence-electron chi connectivity index (χ2n) is 6.14. The number of benzene rings is 1. The Morgan fingerprint density at radius 3 is 2.66 bits per heavy atom. The van der Waals surface area contributed by atoms with Gasteiger partial charge in [-0.3, -0.25) is 9.79 Å².